The fourth-order valence-electron chi connectivity index (χ4n) is 0.866. The van der Waals surface area contributed by atoms with Gasteiger partial charge in [0.05, 0.1) is 6.61 Å². The second-order valence-electron chi connectivity index (χ2n) is 2.55. The van der Waals surface area contributed by atoms with E-state index in [-0.39, 0.29) is 18.7 Å². The van der Waals surface area contributed by atoms with Crippen LogP contribution in [0.3, 0.4) is 0 Å². The predicted octanol–water partition coefficient (Wildman–Crippen LogP) is -0.546. The SMILES string of the molecule is OCCOOB(O)c1cccc(F)c1. The molecule has 76 valence electrons. The Bertz CT molecular complexity index is 284. The van der Waals surface area contributed by atoms with E-state index in [0.717, 1.165) is 6.07 Å². The first kappa shape index (κ1) is 11.1. The van der Waals surface area contributed by atoms with E-state index in [1.807, 2.05) is 0 Å². The van der Waals surface area contributed by atoms with Gasteiger partial charge in [0.1, 0.15) is 12.4 Å². The first-order valence-corrected chi connectivity index (χ1v) is 4.06. The molecular formula is C8H10BFO4. The van der Waals surface area contributed by atoms with Gasteiger partial charge in [0.2, 0.25) is 0 Å². The van der Waals surface area contributed by atoms with Crippen LogP contribution in [0.15, 0.2) is 24.3 Å². The van der Waals surface area contributed by atoms with E-state index in [4.69, 9.17) is 5.11 Å². The first-order valence-electron chi connectivity index (χ1n) is 4.06. The number of rotatable bonds is 5. The van der Waals surface area contributed by atoms with Crippen LogP contribution in [0.25, 0.3) is 0 Å². The first-order chi connectivity index (χ1) is 6.74. The van der Waals surface area contributed by atoms with Crippen LogP contribution < -0.4 is 5.46 Å². The summed E-state index contributed by atoms with van der Waals surface area (Å²) in [6, 6.07) is 5.33. The second kappa shape index (κ2) is 5.72. The molecule has 0 radical (unpaired) electrons. The number of aliphatic hydroxyl groups is 1. The Balaban J connectivity index is 2.47. The van der Waals surface area contributed by atoms with E-state index in [1.165, 1.54) is 18.2 Å². The van der Waals surface area contributed by atoms with Crippen molar-refractivity contribution in [1.82, 2.24) is 0 Å². The van der Waals surface area contributed by atoms with Gasteiger partial charge in [-0.2, -0.15) is 0 Å². The molecule has 0 bridgehead atoms. The number of benzene rings is 1. The van der Waals surface area contributed by atoms with Gasteiger partial charge in [0.15, 0.2) is 0 Å². The second-order valence-corrected chi connectivity index (χ2v) is 2.55. The van der Waals surface area contributed by atoms with Crippen LogP contribution in [0.4, 0.5) is 4.39 Å². The Morgan fingerprint density at radius 2 is 2.21 bits per heavy atom. The molecule has 0 spiro atoms. The van der Waals surface area contributed by atoms with Crippen molar-refractivity contribution in [2.24, 2.45) is 0 Å². The lowest BCUT2D eigenvalue weighted by Gasteiger charge is -2.06. The van der Waals surface area contributed by atoms with Gasteiger partial charge in [0.25, 0.3) is 0 Å². The minimum atomic E-state index is -1.35. The maximum absolute atomic E-state index is 12.7. The van der Waals surface area contributed by atoms with Gasteiger partial charge in [-0.15, -0.1) is 0 Å². The molecule has 0 heterocycles. The quantitative estimate of drug-likeness (QED) is 0.290. The van der Waals surface area contributed by atoms with Gasteiger partial charge >= 0.3 is 7.12 Å². The van der Waals surface area contributed by atoms with Gasteiger partial charge in [-0.1, -0.05) is 12.1 Å². The van der Waals surface area contributed by atoms with Crippen molar-refractivity contribution in [2.45, 2.75) is 0 Å². The molecule has 0 aromatic heterocycles. The zero-order valence-corrected chi connectivity index (χ0v) is 7.39. The summed E-state index contributed by atoms with van der Waals surface area (Å²) in [5.74, 6) is -0.465. The maximum atomic E-state index is 12.7. The molecule has 0 aliphatic rings. The molecule has 0 unspecified atom stereocenters. The van der Waals surface area contributed by atoms with Gasteiger partial charge < -0.3 is 10.1 Å². The fourth-order valence-corrected chi connectivity index (χ4v) is 0.866. The fraction of sp³-hybridized carbons (Fsp3) is 0.250. The molecular weight excluding hydrogens is 190 g/mol. The molecule has 0 saturated heterocycles. The monoisotopic (exact) mass is 200 g/mol. The van der Waals surface area contributed by atoms with Gasteiger partial charge in [-0.05, 0) is 17.6 Å². The van der Waals surface area contributed by atoms with Gasteiger partial charge in [-0.25, -0.2) is 9.28 Å². The van der Waals surface area contributed by atoms with Crippen LogP contribution >= 0.6 is 0 Å². The predicted molar refractivity (Wildman–Crippen MR) is 48.1 cm³/mol. The van der Waals surface area contributed by atoms with Crippen LogP contribution in [-0.2, 0) is 9.69 Å². The van der Waals surface area contributed by atoms with Crippen LogP contribution in [0, 0.1) is 5.82 Å². The standard InChI is InChI=1S/C8H10BFO4/c10-8-3-1-2-7(6-8)9(12)14-13-5-4-11/h1-3,6,11-12H,4-5H2. The molecule has 4 nitrogen and oxygen atoms in total. The van der Waals surface area contributed by atoms with Crippen molar-refractivity contribution in [3.8, 4) is 0 Å². The van der Waals surface area contributed by atoms with E-state index < -0.39 is 12.9 Å². The summed E-state index contributed by atoms with van der Waals surface area (Å²) in [7, 11) is -1.35. The normalized spacial score (nSPS) is 10.2. The zero-order chi connectivity index (χ0) is 10.4. The Hall–Kier alpha value is -0.945. The average molecular weight is 200 g/mol. The molecule has 2 N–H and O–H groups in total. The molecule has 0 saturated carbocycles. The smallest absolute Gasteiger partial charge is 0.422 e. The third-order valence-corrected chi connectivity index (χ3v) is 1.47. The summed E-state index contributed by atoms with van der Waals surface area (Å²) in [4.78, 5) is 8.87. The molecule has 0 aliphatic carbocycles. The molecule has 0 amide bonds. The largest absolute Gasteiger partial charge is 0.523 e. The summed E-state index contributed by atoms with van der Waals surface area (Å²) in [6.07, 6.45) is 0. The lowest BCUT2D eigenvalue weighted by atomic mass is 9.80. The minimum absolute atomic E-state index is 0.0492. The maximum Gasteiger partial charge on any atom is 0.523 e. The Kier molecular flexibility index (Phi) is 4.54. The number of halogens is 1. The van der Waals surface area contributed by atoms with Crippen LogP contribution in [0.2, 0.25) is 0 Å². The number of hydrogen-bond donors (Lipinski definition) is 2. The van der Waals surface area contributed by atoms with Crippen molar-refractivity contribution in [3.05, 3.63) is 30.1 Å². The van der Waals surface area contributed by atoms with E-state index in [2.05, 4.69) is 9.69 Å². The molecule has 1 aromatic rings. The minimum Gasteiger partial charge on any atom is -0.422 e. The molecule has 1 rings (SSSR count). The lowest BCUT2D eigenvalue weighted by Crippen LogP contribution is -2.34. The lowest BCUT2D eigenvalue weighted by molar-refractivity contribution is -0.225. The molecule has 1 aromatic carbocycles. The van der Waals surface area contributed by atoms with E-state index >= 15 is 0 Å². The molecule has 14 heavy (non-hydrogen) atoms. The van der Waals surface area contributed by atoms with Gasteiger partial charge in [0, 0.05) is 0 Å². The molecule has 6 heteroatoms. The summed E-state index contributed by atoms with van der Waals surface area (Å²) in [5, 5.41) is 17.6. The van der Waals surface area contributed by atoms with Crippen molar-refractivity contribution in [1.29, 1.82) is 0 Å². The number of hydrogen-bond acceptors (Lipinski definition) is 4. The summed E-state index contributed by atoms with van der Waals surface area (Å²) in [6.45, 7) is -0.262. The Labute approximate surface area is 81.0 Å². The van der Waals surface area contributed by atoms with Crippen molar-refractivity contribution in [2.75, 3.05) is 13.2 Å². The zero-order valence-electron chi connectivity index (χ0n) is 7.39. The highest BCUT2D eigenvalue weighted by Gasteiger charge is 2.17. The summed E-state index contributed by atoms with van der Waals surface area (Å²) in [5.41, 5.74) is 0.253. The summed E-state index contributed by atoms with van der Waals surface area (Å²) < 4.78 is 12.7. The highest BCUT2D eigenvalue weighted by Crippen LogP contribution is 1.94. The third kappa shape index (κ3) is 3.43. The topological polar surface area (TPSA) is 58.9 Å². The van der Waals surface area contributed by atoms with Crippen molar-refractivity contribution >= 4 is 12.6 Å². The van der Waals surface area contributed by atoms with Crippen molar-refractivity contribution in [3.63, 3.8) is 0 Å². The molecule has 0 aliphatic heterocycles. The number of aliphatic hydroxyl groups excluding tert-OH is 1. The van der Waals surface area contributed by atoms with E-state index in [0.29, 0.717) is 0 Å². The molecule has 0 atom stereocenters. The highest BCUT2D eigenvalue weighted by atomic mass is 19.1. The van der Waals surface area contributed by atoms with Gasteiger partial charge in [-0.3, -0.25) is 4.81 Å². The Morgan fingerprint density at radius 3 is 2.86 bits per heavy atom. The molecule has 0 fully saturated rings. The van der Waals surface area contributed by atoms with E-state index in [9.17, 15) is 9.41 Å². The highest BCUT2D eigenvalue weighted by molar-refractivity contribution is 6.59. The van der Waals surface area contributed by atoms with Crippen molar-refractivity contribution < 1.29 is 24.2 Å². The summed E-state index contributed by atoms with van der Waals surface area (Å²) >= 11 is 0. The third-order valence-electron chi connectivity index (χ3n) is 1.47. The van der Waals surface area contributed by atoms with Crippen LogP contribution in [0.1, 0.15) is 0 Å². The van der Waals surface area contributed by atoms with E-state index in [1.54, 1.807) is 0 Å². The van der Waals surface area contributed by atoms with Crippen LogP contribution in [0.5, 0.6) is 0 Å². The Morgan fingerprint density at radius 1 is 1.43 bits per heavy atom. The van der Waals surface area contributed by atoms with Crippen LogP contribution in [-0.4, -0.2) is 30.5 Å². The average Bonchev–Trinajstić information content (AvgIpc) is 2.18.